The van der Waals surface area contributed by atoms with Crippen molar-refractivity contribution in [2.45, 2.75) is 40.2 Å². The molecule has 0 aliphatic carbocycles. The lowest BCUT2D eigenvalue weighted by molar-refractivity contribution is 0.0627. The minimum Gasteiger partial charge on any atom is -0.392 e. The Morgan fingerprint density at radius 1 is 1.45 bits per heavy atom. The van der Waals surface area contributed by atoms with Gasteiger partial charge in [-0.25, -0.2) is 0 Å². The topological polar surface area (TPSA) is 20.2 Å². The van der Waals surface area contributed by atoms with Crippen molar-refractivity contribution < 1.29 is 5.11 Å². The molecule has 0 bridgehead atoms. The van der Waals surface area contributed by atoms with Crippen molar-refractivity contribution in [2.24, 2.45) is 11.3 Å². The van der Waals surface area contributed by atoms with Gasteiger partial charge >= 0.3 is 0 Å². The highest BCUT2D eigenvalue weighted by atomic mass is 16.3. The van der Waals surface area contributed by atoms with Gasteiger partial charge in [0.25, 0.3) is 0 Å². The summed E-state index contributed by atoms with van der Waals surface area (Å²) in [6.45, 7) is 11.9. The number of aliphatic hydroxyl groups excluding tert-OH is 1. The summed E-state index contributed by atoms with van der Waals surface area (Å²) in [6.07, 6.45) is 2.40. The fourth-order valence-electron chi connectivity index (χ4n) is 0.886. The Labute approximate surface area is 70.1 Å². The predicted molar refractivity (Wildman–Crippen MR) is 49.4 cm³/mol. The largest absolute Gasteiger partial charge is 0.392 e. The molecule has 0 aliphatic heterocycles. The minimum absolute atomic E-state index is 0.149. The molecule has 0 heterocycles. The molecule has 0 spiro atoms. The van der Waals surface area contributed by atoms with Gasteiger partial charge in [-0.2, -0.15) is 0 Å². The molecule has 1 unspecified atom stereocenters. The van der Waals surface area contributed by atoms with Gasteiger partial charge in [0.05, 0.1) is 6.10 Å². The van der Waals surface area contributed by atoms with E-state index in [0.717, 1.165) is 6.42 Å². The average molecular weight is 156 g/mol. The van der Waals surface area contributed by atoms with Crippen LogP contribution in [0.15, 0.2) is 12.7 Å². The molecule has 66 valence electrons. The zero-order valence-corrected chi connectivity index (χ0v) is 8.09. The van der Waals surface area contributed by atoms with Crippen LogP contribution in [0.25, 0.3) is 0 Å². The first-order chi connectivity index (χ1) is 4.90. The number of rotatable bonds is 4. The van der Waals surface area contributed by atoms with Crippen LogP contribution >= 0.6 is 0 Å². The Kier molecular flexibility index (Phi) is 3.81. The molecular formula is C10H20O. The van der Waals surface area contributed by atoms with E-state index in [0.29, 0.717) is 5.92 Å². The lowest BCUT2D eigenvalue weighted by atomic mass is 9.83. The molecule has 0 radical (unpaired) electrons. The molecule has 0 aromatic rings. The fraction of sp³-hybridized carbons (Fsp3) is 0.800. The predicted octanol–water partition coefficient (Wildman–Crippen LogP) is 2.61. The third kappa shape index (κ3) is 3.57. The third-order valence-electron chi connectivity index (χ3n) is 2.08. The maximum atomic E-state index is 9.68. The standard InChI is InChI=1S/C10H20O/c1-6-10(4,5)9(11)7-8(2)3/h6,8-9,11H,1,7H2,2-5H3. The van der Waals surface area contributed by atoms with Crippen LogP contribution in [0.5, 0.6) is 0 Å². The summed E-state index contributed by atoms with van der Waals surface area (Å²) in [7, 11) is 0. The SMILES string of the molecule is C=CC(C)(C)C(O)CC(C)C. The van der Waals surface area contributed by atoms with Crippen LogP contribution in [0.2, 0.25) is 0 Å². The first kappa shape index (κ1) is 10.7. The Hall–Kier alpha value is -0.300. The van der Waals surface area contributed by atoms with Crippen LogP contribution in [-0.4, -0.2) is 11.2 Å². The maximum Gasteiger partial charge on any atom is 0.0627 e. The van der Waals surface area contributed by atoms with Crippen LogP contribution in [0, 0.1) is 11.3 Å². The zero-order valence-electron chi connectivity index (χ0n) is 8.09. The van der Waals surface area contributed by atoms with Gasteiger partial charge in [0.2, 0.25) is 0 Å². The Balaban J connectivity index is 4.01. The van der Waals surface area contributed by atoms with Gasteiger partial charge in [-0.3, -0.25) is 0 Å². The van der Waals surface area contributed by atoms with Crippen molar-refractivity contribution in [3.05, 3.63) is 12.7 Å². The Morgan fingerprint density at radius 2 is 1.91 bits per heavy atom. The van der Waals surface area contributed by atoms with Crippen molar-refractivity contribution in [1.29, 1.82) is 0 Å². The molecule has 1 N–H and O–H groups in total. The van der Waals surface area contributed by atoms with Crippen molar-refractivity contribution in [3.63, 3.8) is 0 Å². The van der Waals surface area contributed by atoms with Crippen molar-refractivity contribution in [2.75, 3.05) is 0 Å². The van der Waals surface area contributed by atoms with E-state index < -0.39 is 0 Å². The zero-order chi connectivity index (χ0) is 9.07. The lowest BCUT2D eigenvalue weighted by Crippen LogP contribution is -2.28. The maximum absolute atomic E-state index is 9.68. The third-order valence-corrected chi connectivity index (χ3v) is 2.08. The Morgan fingerprint density at radius 3 is 2.18 bits per heavy atom. The minimum atomic E-state index is -0.264. The van der Waals surface area contributed by atoms with Crippen molar-refractivity contribution >= 4 is 0 Å². The first-order valence-corrected chi connectivity index (χ1v) is 4.21. The average Bonchev–Trinajstić information content (AvgIpc) is 1.86. The molecule has 1 nitrogen and oxygen atoms in total. The van der Waals surface area contributed by atoms with Gasteiger partial charge in [0.15, 0.2) is 0 Å². The van der Waals surface area contributed by atoms with Gasteiger partial charge < -0.3 is 5.11 Å². The van der Waals surface area contributed by atoms with E-state index in [1.807, 2.05) is 19.9 Å². The monoisotopic (exact) mass is 156 g/mol. The molecule has 0 saturated heterocycles. The second-order valence-electron chi connectivity index (χ2n) is 4.17. The summed E-state index contributed by atoms with van der Waals surface area (Å²) in [4.78, 5) is 0. The van der Waals surface area contributed by atoms with E-state index in [9.17, 15) is 5.11 Å². The van der Waals surface area contributed by atoms with E-state index in [1.54, 1.807) is 0 Å². The van der Waals surface area contributed by atoms with Gasteiger partial charge in [-0.05, 0) is 12.3 Å². The fourth-order valence-corrected chi connectivity index (χ4v) is 0.886. The summed E-state index contributed by atoms with van der Waals surface area (Å²) in [5.74, 6) is 0.546. The summed E-state index contributed by atoms with van der Waals surface area (Å²) in [6, 6.07) is 0. The van der Waals surface area contributed by atoms with Gasteiger partial charge in [-0.1, -0.05) is 33.8 Å². The normalized spacial score (nSPS) is 15.1. The molecule has 0 aromatic carbocycles. The molecule has 0 aliphatic rings. The van der Waals surface area contributed by atoms with Gasteiger partial charge in [-0.15, -0.1) is 6.58 Å². The van der Waals surface area contributed by atoms with Gasteiger partial charge in [0.1, 0.15) is 0 Å². The van der Waals surface area contributed by atoms with Crippen LogP contribution in [0.1, 0.15) is 34.1 Å². The van der Waals surface area contributed by atoms with E-state index >= 15 is 0 Å². The van der Waals surface area contributed by atoms with E-state index in [1.165, 1.54) is 0 Å². The van der Waals surface area contributed by atoms with E-state index in [4.69, 9.17) is 0 Å². The summed E-state index contributed by atoms with van der Waals surface area (Å²) in [5.41, 5.74) is -0.149. The van der Waals surface area contributed by atoms with Gasteiger partial charge in [0, 0.05) is 5.41 Å². The smallest absolute Gasteiger partial charge is 0.0627 e. The molecule has 0 aromatic heterocycles. The molecule has 0 amide bonds. The molecular weight excluding hydrogens is 136 g/mol. The van der Waals surface area contributed by atoms with Crippen molar-refractivity contribution in [1.82, 2.24) is 0 Å². The van der Waals surface area contributed by atoms with Crippen LogP contribution in [0.4, 0.5) is 0 Å². The summed E-state index contributed by atoms with van der Waals surface area (Å²) < 4.78 is 0. The lowest BCUT2D eigenvalue weighted by Gasteiger charge is -2.28. The second kappa shape index (κ2) is 3.91. The number of aliphatic hydroxyl groups is 1. The quantitative estimate of drug-likeness (QED) is 0.620. The van der Waals surface area contributed by atoms with Crippen molar-refractivity contribution in [3.8, 4) is 0 Å². The molecule has 0 saturated carbocycles. The van der Waals surface area contributed by atoms with Crippen LogP contribution in [-0.2, 0) is 0 Å². The molecule has 1 atom stereocenters. The molecule has 0 rings (SSSR count). The van der Waals surface area contributed by atoms with E-state index in [2.05, 4.69) is 20.4 Å². The molecule has 11 heavy (non-hydrogen) atoms. The number of hydrogen-bond acceptors (Lipinski definition) is 1. The number of hydrogen-bond donors (Lipinski definition) is 1. The molecule has 1 heteroatoms. The van der Waals surface area contributed by atoms with E-state index in [-0.39, 0.29) is 11.5 Å². The second-order valence-corrected chi connectivity index (χ2v) is 4.17. The summed E-state index contributed by atoms with van der Waals surface area (Å²) >= 11 is 0. The molecule has 0 fully saturated rings. The Bertz CT molecular complexity index is 125. The first-order valence-electron chi connectivity index (χ1n) is 4.21. The highest BCUT2D eigenvalue weighted by Gasteiger charge is 2.24. The highest BCUT2D eigenvalue weighted by Crippen LogP contribution is 2.26. The van der Waals surface area contributed by atoms with Crippen LogP contribution < -0.4 is 0 Å². The highest BCUT2D eigenvalue weighted by molar-refractivity contribution is 4.93. The summed E-state index contributed by atoms with van der Waals surface area (Å²) in [5, 5.41) is 9.68. The van der Waals surface area contributed by atoms with Crippen LogP contribution in [0.3, 0.4) is 0 Å².